The highest BCUT2D eigenvalue weighted by Crippen LogP contribution is 2.54. The Bertz CT molecular complexity index is 410. The molecule has 0 aromatic carbocycles. The number of hydrogen-bond acceptors (Lipinski definition) is 5. The maximum Gasteiger partial charge on any atom is 0.425 e. The van der Waals surface area contributed by atoms with Crippen LogP contribution in [-0.2, 0) is 18.6 Å². The second-order valence-corrected chi connectivity index (χ2v) is 9.46. The summed E-state index contributed by atoms with van der Waals surface area (Å²) in [5, 5.41) is 18.3. The number of hydrogen-bond donors (Lipinski definition) is 2. The highest BCUT2D eigenvalue weighted by Gasteiger charge is 2.52. The third-order valence-electron chi connectivity index (χ3n) is 4.14. The first-order valence-electron chi connectivity index (χ1n) is 9.30. The van der Waals surface area contributed by atoms with E-state index in [2.05, 4.69) is 11.6 Å². The molecule has 2 atom stereocenters. The van der Waals surface area contributed by atoms with Crippen molar-refractivity contribution < 1.29 is 33.4 Å². The number of carboxylic acid groups (broad SMARTS) is 1. The van der Waals surface area contributed by atoms with Gasteiger partial charge in [0.2, 0.25) is 0 Å². The molecule has 0 saturated carbocycles. The van der Waals surface area contributed by atoms with Crippen molar-refractivity contribution >= 4 is 13.6 Å². The van der Waals surface area contributed by atoms with Gasteiger partial charge >= 0.3 is 13.6 Å². The largest absolute Gasteiger partial charge is 0.476 e. The molecule has 2 N–H and O–H groups in total. The number of unbranched alkanes of at least 4 members (excludes halogenated alkanes) is 9. The van der Waals surface area contributed by atoms with Crippen LogP contribution in [0.25, 0.3) is 0 Å². The summed E-state index contributed by atoms with van der Waals surface area (Å²) in [4.78, 5) is 11.4. The SMILES string of the molecule is CCCCCCCCCCCCOP(=O)(OO)C(C(=O)O)[N+](C)(C)C. The van der Waals surface area contributed by atoms with E-state index in [1.807, 2.05) is 0 Å². The molecule has 150 valence electrons. The second-order valence-electron chi connectivity index (χ2n) is 7.46. The lowest BCUT2D eigenvalue weighted by Gasteiger charge is -2.33. The van der Waals surface area contributed by atoms with Crippen LogP contribution in [0.15, 0.2) is 0 Å². The molecule has 8 heteroatoms. The quantitative estimate of drug-likeness (QED) is 0.132. The molecule has 2 unspecified atom stereocenters. The van der Waals surface area contributed by atoms with Crippen LogP contribution in [0.3, 0.4) is 0 Å². The molecule has 0 aromatic rings. The van der Waals surface area contributed by atoms with Crippen molar-refractivity contribution in [1.82, 2.24) is 0 Å². The van der Waals surface area contributed by atoms with E-state index in [-0.39, 0.29) is 11.1 Å². The highest BCUT2D eigenvalue weighted by molar-refractivity contribution is 7.55. The van der Waals surface area contributed by atoms with Gasteiger partial charge in [0.15, 0.2) is 0 Å². The van der Waals surface area contributed by atoms with Gasteiger partial charge in [-0.15, -0.1) is 4.67 Å². The van der Waals surface area contributed by atoms with E-state index in [9.17, 15) is 14.5 Å². The van der Waals surface area contributed by atoms with Crippen molar-refractivity contribution in [2.24, 2.45) is 0 Å². The Morgan fingerprint density at radius 3 is 1.76 bits per heavy atom. The molecule has 0 bridgehead atoms. The Labute approximate surface area is 152 Å². The molecule has 0 aromatic heterocycles. The van der Waals surface area contributed by atoms with Crippen LogP contribution in [0, 0.1) is 0 Å². The summed E-state index contributed by atoms with van der Waals surface area (Å²) in [7, 11) is 0.555. The predicted octanol–water partition coefficient (Wildman–Crippen LogP) is 4.72. The maximum atomic E-state index is 12.5. The van der Waals surface area contributed by atoms with Gasteiger partial charge < -0.3 is 14.1 Å². The van der Waals surface area contributed by atoms with Crippen molar-refractivity contribution in [3.8, 4) is 0 Å². The average Bonchev–Trinajstić information content (AvgIpc) is 2.50. The molecule has 0 heterocycles. The summed E-state index contributed by atoms with van der Waals surface area (Å²) in [6, 6.07) is 0. The van der Waals surface area contributed by atoms with Gasteiger partial charge in [0.1, 0.15) is 0 Å². The van der Waals surface area contributed by atoms with Gasteiger partial charge in [-0.2, -0.15) is 0 Å². The fourth-order valence-electron chi connectivity index (χ4n) is 2.81. The van der Waals surface area contributed by atoms with Gasteiger partial charge in [0, 0.05) is 0 Å². The van der Waals surface area contributed by atoms with Crippen LogP contribution in [0.4, 0.5) is 0 Å². The Kier molecular flexibility index (Phi) is 12.6. The lowest BCUT2D eigenvalue weighted by Crippen LogP contribution is -2.50. The zero-order valence-corrected chi connectivity index (χ0v) is 17.2. The summed E-state index contributed by atoms with van der Waals surface area (Å²) in [5.74, 6) is -2.80. The number of carbonyl (C=O) groups is 1. The van der Waals surface area contributed by atoms with E-state index in [4.69, 9.17) is 9.78 Å². The molecule has 0 amide bonds. The fraction of sp³-hybridized carbons (Fsp3) is 0.941. The van der Waals surface area contributed by atoms with Gasteiger partial charge in [-0.1, -0.05) is 64.7 Å². The molecular weight excluding hydrogens is 345 g/mol. The summed E-state index contributed by atoms with van der Waals surface area (Å²) >= 11 is 0. The summed E-state index contributed by atoms with van der Waals surface area (Å²) < 4.78 is 21.6. The van der Waals surface area contributed by atoms with E-state index >= 15 is 0 Å². The van der Waals surface area contributed by atoms with E-state index in [0.29, 0.717) is 6.42 Å². The highest BCUT2D eigenvalue weighted by atomic mass is 31.2. The summed E-state index contributed by atoms with van der Waals surface area (Å²) in [6.07, 6.45) is 11.5. The van der Waals surface area contributed by atoms with Gasteiger partial charge in [-0.25, -0.2) is 10.1 Å². The van der Waals surface area contributed by atoms with E-state index in [1.165, 1.54) is 38.5 Å². The van der Waals surface area contributed by atoms with Crippen LogP contribution in [0.1, 0.15) is 71.1 Å². The second kappa shape index (κ2) is 12.8. The van der Waals surface area contributed by atoms with Gasteiger partial charge in [-0.3, -0.25) is 4.57 Å². The Hall–Kier alpha value is -0.460. The summed E-state index contributed by atoms with van der Waals surface area (Å²) in [5.41, 5.74) is 0. The molecule has 0 rings (SSSR count). The maximum absolute atomic E-state index is 12.5. The zero-order valence-electron chi connectivity index (χ0n) is 16.3. The van der Waals surface area contributed by atoms with E-state index in [1.54, 1.807) is 21.1 Å². The normalized spacial score (nSPS) is 15.7. The lowest BCUT2D eigenvalue weighted by molar-refractivity contribution is -0.875. The molecule has 0 aliphatic carbocycles. The smallest absolute Gasteiger partial charge is 0.425 e. The monoisotopic (exact) mass is 382 g/mol. The number of quaternary nitrogens is 1. The number of aliphatic carboxylic acids is 1. The molecule has 0 radical (unpaired) electrons. The lowest BCUT2D eigenvalue weighted by atomic mass is 10.1. The van der Waals surface area contributed by atoms with Crippen LogP contribution in [0.2, 0.25) is 0 Å². The molecule has 0 aliphatic rings. The third-order valence-corrected chi connectivity index (χ3v) is 6.42. The Balaban J connectivity index is 4.04. The van der Waals surface area contributed by atoms with Crippen molar-refractivity contribution in [1.29, 1.82) is 0 Å². The number of carboxylic acids is 1. The molecular formula is C17H37NO6P+. The molecule has 0 aliphatic heterocycles. The first kappa shape index (κ1) is 24.5. The van der Waals surface area contributed by atoms with E-state index < -0.39 is 19.3 Å². The molecule has 0 spiro atoms. The van der Waals surface area contributed by atoms with Gasteiger partial charge in [-0.05, 0) is 6.42 Å². The van der Waals surface area contributed by atoms with Crippen molar-refractivity contribution in [2.75, 3.05) is 27.7 Å². The zero-order chi connectivity index (χ0) is 19.3. The molecule has 0 fully saturated rings. The van der Waals surface area contributed by atoms with Crippen LogP contribution in [0.5, 0.6) is 0 Å². The Morgan fingerprint density at radius 2 is 1.40 bits per heavy atom. The molecule has 25 heavy (non-hydrogen) atoms. The van der Waals surface area contributed by atoms with Crippen LogP contribution >= 0.6 is 7.60 Å². The van der Waals surface area contributed by atoms with Crippen molar-refractivity contribution in [2.45, 2.75) is 76.9 Å². The van der Waals surface area contributed by atoms with Gasteiger partial charge in [0.25, 0.3) is 5.78 Å². The van der Waals surface area contributed by atoms with Crippen LogP contribution in [-0.4, -0.2) is 54.3 Å². The molecule has 0 saturated heterocycles. The minimum absolute atomic E-state index is 0.109. The van der Waals surface area contributed by atoms with Crippen LogP contribution < -0.4 is 0 Å². The third kappa shape index (κ3) is 10.3. The number of nitrogens with zero attached hydrogens (tertiary/aromatic N) is 1. The first-order chi connectivity index (χ1) is 11.7. The number of likely N-dealkylation sites (N-methyl/N-ethyl adjacent to an activating group) is 1. The van der Waals surface area contributed by atoms with Crippen molar-refractivity contribution in [3.05, 3.63) is 0 Å². The first-order valence-corrected chi connectivity index (χ1v) is 10.9. The summed E-state index contributed by atoms with van der Waals surface area (Å²) in [6.45, 7) is 2.32. The topological polar surface area (TPSA) is 93.1 Å². The average molecular weight is 382 g/mol. The Morgan fingerprint density at radius 1 is 0.960 bits per heavy atom. The van der Waals surface area contributed by atoms with E-state index in [0.717, 1.165) is 19.3 Å². The minimum atomic E-state index is -4.14. The van der Waals surface area contributed by atoms with Gasteiger partial charge in [0.05, 0.1) is 27.7 Å². The minimum Gasteiger partial charge on any atom is -0.476 e. The fourth-order valence-corrected chi connectivity index (χ4v) is 4.59. The number of rotatable bonds is 16. The van der Waals surface area contributed by atoms with Crippen molar-refractivity contribution in [3.63, 3.8) is 0 Å². The standard InChI is InChI=1S/C17H36NO6P/c1-5-6-7-8-9-10-11-12-13-14-15-23-25(22,24-21)16(17(19)20)18(2,3)4/h16H,5-15H2,1-4H3,(H-,19,20,21)/p+1. The molecule has 7 nitrogen and oxygen atoms in total. The predicted molar refractivity (Wildman–Crippen MR) is 98.6 cm³/mol.